The van der Waals surface area contributed by atoms with Gasteiger partial charge in [-0.3, -0.25) is 0 Å². The number of thioether (sulfide) groups is 2. The summed E-state index contributed by atoms with van der Waals surface area (Å²) in [5, 5.41) is 0. The summed E-state index contributed by atoms with van der Waals surface area (Å²) in [5.74, 6) is 7.30. The standard InChI is InChI=1S/C22H36S2/c1-8-11-14-22(20(6)10-3,21(7)24-16-9-2)15-12-13-17-23-18-19(4)5/h3,9,11,14,19-20H,2,7-8,12-13,15-18H2,1,4-6H3. The summed E-state index contributed by atoms with van der Waals surface area (Å²) < 4.78 is 0. The lowest BCUT2D eigenvalue weighted by atomic mass is 9.72. The van der Waals surface area contributed by atoms with Crippen LogP contribution in [0, 0.1) is 29.6 Å². The van der Waals surface area contributed by atoms with Crippen molar-refractivity contribution in [2.75, 3.05) is 17.3 Å². The summed E-state index contributed by atoms with van der Waals surface area (Å²) in [6, 6.07) is 0. The van der Waals surface area contributed by atoms with Gasteiger partial charge in [-0.2, -0.15) is 11.8 Å². The molecule has 0 aromatic rings. The number of hydrogen-bond donors (Lipinski definition) is 0. The molecule has 2 heteroatoms. The van der Waals surface area contributed by atoms with E-state index >= 15 is 0 Å². The summed E-state index contributed by atoms with van der Waals surface area (Å²) in [4.78, 5) is 1.19. The summed E-state index contributed by atoms with van der Waals surface area (Å²) >= 11 is 3.85. The summed E-state index contributed by atoms with van der Waals surface area (Å²) in [6.07, 6.45) is 16.9. The molecule has 0 aliphatic carbocycles. The minimum atomic E-state index is -0.0961. The first-order valence-corrected chi connectivity index (χ1v) is 11.2. The van der Waals surface area contributed by atoms with E-state index in [2.05, 4.69) is 70.7 Å². The van der Waals surface area contributed by atoms with Gasteiger partial charge in [0, 0.05) is 17.1 Å². The Hall–Kier alpha value is -0.520. The zero-order valence-corrected chi connectivity index (χ0v) is 17.8. The Labute approximate surface area is 160 Å². The van der Waals surface area contributed by atoms with Gasteiger partial charge in [0.15, 0.2) is 0 Å². The van der Waals surface area contributed by atoms with Crippen LogP contribution < -0.4 is 0 Å². The van der Waals surface area contributed by atoms with Crippen molar-refractivity contribution >= 4 is 23.5 Å². The summed E-state index contributed by atoms with van der Waals surface area (Å²) in [6.45, 7) is 17.1. The van der Waals surface area contributed by atoms with Crippen molar-refractivity contribution in [1.82, 2.24) is 0 Å². The molecule has 0 bridgehead atoms. The molecule has 0 rings (SSSR count). The van der Waals surface area contributed by atoms with E-state index in [9.17, 15) is 0 Å². The van der Waals surface area contributed by atoms with Crippen molar-refractivity contribution in [3.8, 4) is 12.3 Å². The van der Waals surface area contributed by atoms with E-state index in [-0.39, 0.29) is 11.3 Å². The van der Waals surface area contributed by atoms with E-state index in [1.165, 1.54) is 29.3 Å². The first kappa shape index (κ1) is 23.5. The minimum absolute atomic E-state index is 0.0961. The van der Waals surface area contributed by atoms with Crippen molar-refractivity contribution in [1.29, 1.82) is 0 Å². The van der Waals surface area contributed by atoms with E-state index in [0.29, 0.717) is 0 Å². The second-order valence-corrected chi connectivity index (χ2v) is 8.95. The van der Waals surface area contributed by atoms with Crippen LogP contribution in [0.1, 0.15) is 53.4 Å². The van der Waals surface area contributed by atoms with E-state index in [0.717, 1.165) is 24.5 Å². The van der Waals surface area contributed by atoms with Crippen molar-refractivity contribution in [2.24, 2.45) is 17.3 Å². The van der Waals surface area contributed by atoms with Gasteiger partial charge in [0.05, 0.1) is 0 Å². The molecule has 2 unspecified atom stereocenters. The van der Waals surface area contributed by atoms with Crippen LogP contribution >= 0.6 is 23.5 Å². The average Bonchev–Trinajstić information content (AvgIpc) is 2.57. The highest BCUT2D eigenvalue weighted by Crippen LogP contribution is 2.46. The lowest BCUT2D eigenvalue weighted by Crippen LogP contribution is -2.27. The fourth-order valence-corrected chi connectivity index (χ4v) is 4.61. The second-order valence-electron chi connectivity index (χ2n) is 6.69. The Morgan fingerprint density at radius 1 is 1.29 bits per heavy atom. The minimum Gasteiger partial charge on any atom is -0.162 e. The first-order chi connectivity index (χ1) is 11.4. The molecule has 0 saturated heterocycles. The largest absolute Gasteiger partial charge is 0.162 e. The van der Waals surface area contributed by atoms with Crippen LogP contribution in [0.15, 0.2) is 36.3 Å². The molecule has 0 aliphatic rings. The Bertz CT molecular complexity index is 428. The normalized spacial score (nSPS) is 15.2. The van der Waals surface area contributed by atoms with Gasteiger partial charge in [-0.25, -0.2) is 0 Å². The fourth-order valence-electron chi connectivity index (χ4n) is 2.63. The zero-order chi connectivity index (χ0) is 18.4. The highest BCUT2D eigenvalue weighted by atomic mass is 32.2. The molecule has 0 radical (unpaired) electrons. The SMILES string of the molecule is C#CC(C)C(C=CCC)(CCCCSCC(C)C)C(=C)SCC=C. The summed E-state index contributed by atoms with van der Waals surface area (Å²) in [5.41, 5.74) is -0.0961. The number of terminal acetylenes is 1. The van der Waals surface area contributed by atoms with Crippen LogP contribution in [0.4, 0.5) is 0 Å². The maximum Gasteiger partial charge on any atom is 0.0321 e. The predicted octanol–water partition coefficient (Wildman–Crippen LogP) is 7.20. The monoisotopic (exact) mass is 364 g/mol. The Morgan fingerprint density at radius 3 is 2.54 bits per heavy atom. The van der Waals surface area contributed by atoms with Crippen LogP contribution in [0.3, 0.4) is 0 Å². The quantitative estimate of drug-likeness (QED) is 0.181. The highest BCUT2D eigenvalue weighted by Gasteiger charge is 2.35. The predicted molar refractivity (Wildman–Crippen MR) is 118 cm³/mol. The van der Waals surface area contributed by atoms with Crippen molar-refractivity contribution in [3.05, 3.63) is 36.3 Å². The van der Waals surface area contributed by atoms with Gasteiger partial charge in [-0.1, -0.05) is 58.9 Å². The Balaban J connectivity index is 4.94. The molecule has 0 spiro atoms. The van der Waals surface area contributed by atoms with Crippen LogP contribution in [0.25, 0.3) is 0 Å². The maximum absolute atomic E-state index is 5.82. The molecule has 0 aromatic heterocycles. The smallest absolute Gasteiger partial charge is 0.0321 e. The molecule has 2 atom stereocenters. The van der Waals surface area contributed by atoms with E-state index in [1.807, 2.05) is 6.08 Å². The zero-order valence-electron chi connectivity index (χ0n) is 16.1. The van der Waals surface area contributed by atoms with Crippen LogP contribution in [0.2, 0.25) is 0 Å². The molecule has 0 amide bonds. The van der Waals surface area contributed by atoms with Crippen LogP contribution in [0.5, 0.6) is 0 Å². The first-order valence-electron chi connectivity index (χ1n) is 9.09. The second kappa shape index (κ2) is 13.7. The number of rotatable bonds is 14. The number of allylic oxidation sites excluding steroid dienone is 3. The van der Waals surface area contributed by atoms with E-state index in [4.69, 9.17) is 6.42 Å². The Morgan fingerprint density at radius 2 is 2.00 bits per heavy atom. The van der Waals surface area contributed by atoms with Gasteiger partial charge in [-0.15, -0.1) is 30.7 Å². The molecule has 0 aromatic carbocycles. The van der Waals surface area contributed by atoms with Crippen molar-refractivity contribution in [2.45, 2.75) is 53.4 Å². The molecular formula is C22H36S2. The molecule has 0 nitrogen and oxygen atoms in total. The third-order valence-electron chi connectivity index (χ3n) is 4.15. The molecule has 0 heterocycles. The van der Waals surface area contributed by atoms with Gasteiger partial charge in [-0.05, 0) is 41.6 Å². The third kappa shape index (κ3) is 8.54. The molecule has 0 saturated carbocycles. The van der Waals surface area contributed by atoms with Gasteiger partial charge in [0.25, 0.3) is 0 Å². The molecule has 136 valence electrons. The average molecular weight is 365 g/mol. The van der Waals surface area contributed by atoms with Gasteiger partial charge in [0.2, 0.25) is 0 Å². The van der Waals surface area contributed by atoms with E-state index in [1.54, 1.807) is 11.8 Å². The van der Waals surface area contributed by atoms with Gasteiger partial charge < -0.3 is 0 Å². The maximum atomic E-state index is 5.82. The fraction of sp³-hybridized carbons (Fsp3) is 0.636. The third-order valence-corrected chi connectivity index (χ3v) is 6.76. The molecule has 0 fully saturated rings. The van der Waals surface area contributed by atoms with Crippen LogP contribution in [-0.4, -0.2) is 17.3 Å². The number of unbranched alkanes of at least 4 members (excludes halogenated alkanes) is 1. The lowest BCUT2D eigenvalue weighted by Gasteiger charge is -2.36. The molecule has 24 heavy (non-hydrogen) atoms. The Kier molecular flexibility index (Phi) is 13.4. The van der Waals surface area contributed by atoms with Gasteiger partial charge >= 0.3 is 0 Å². The summed E-state index contributed by atoms with van der Waals surface area (Å²) in [7, 11) is 0. The molecule has 0 N–H and O–H groups in total. The van der Waals surface area contributed by atoms with E-state index < -0.39 is 0 Å². The lowest BCUT2D eigenvalue weighted by molar-refractivity contribution is 0.345. The number of hydrogen-bond acceptors (Lipinski definition) is 2. The molecular weight excluding hydrogens is 328 g/mol. The highest BCUT2D eigenvalue weighted by molar-refractivity contribution is 8.03. The van der Waals surface area contributed by atoms with Gasteiger partial charge in [0.1, 0.15) is 0 Å². The van der Waals surface area contributed by atoms with Crippen molar-refractivity contribution < 1.29 is 0 Å². The van der Waals surface area contributed by atoms with Crippen molar-refractivity contribution in [3.63, 3.8) is 0 Å². The topological polar surface area (TPSA) is 0 Å². The molecule has 0 aliphatic heterocycles. The van der Waals surface area contributed by atoms with Crippen LogP contribution in [-0.2, 0) is 0 Å².